The van der Waals surface area contributed by atoms with Gasteiger partial charge in [0.25, 0.3) is 5.19 Å². The molecule has 2 heterocycles. The number of hydrogen-bond donors (Lipinski definition) is 2. The van der Waals surface area contributed by atoms with Crippen LogP contribution in [0.1, 0.15) is 10.4 Å². The van der Waals surface area contributed by atoms with E-state index in [0.29, 0.717) is 21.7 Å². The Morgan fingerprint density at radius 1 is 1.09 bits per heavy atom. The molecule has 0 saturated heterocycles. The molecule has 0 bridgehead atoms. The van der Waals surface area contributed by atoms with Crippen LogP contribution in [0.5, 0.6) is 10.9 Å². The van der Waals surface area contributed by atoms with Crippen molar-refractivity contribution in [3.8, 4) is 10.9 Å². The van der Waals surface area contributed by atoms with E-state index in [1.165, 1.54) is 23.0 Å². The monoisotopic (exact) mass is 512 g/mol. The lowest BCUT2D eigenvalue weighted by Gasteiger charge is -2.15. The maximum absolute atomic E-state index is 13.2. The first-order valence-electron chi connectivity index (χ1n) is 10.5. The lowest BCUT2D eigenvalue weighted by molar-refractivity contribution is -0.121. The predicted molar refractivity (Wildman–Crippen MR) is 134 cm³/mol. The Morgan fingerprint density at radius 3 is 2.43 bits per heavy atom. The molecule has 0 radical (unpaired) electrons. The summed E-state index contributed by atoms with van der Waals surface area (Å²) < 4.78 is 7.80. The van der Waals surface area contributed by atoms with Crippen molar-refractivity contribution in [2.24, 2.45) is 0 Å². The molecule has 0 aliphatic rings. The number of carbonyl (C=O) groups is 1. The molecule has 0 unspecified atom stereocenters. The van der Waals surface area contributed by atoms with Gasteiger partial charge in [-0.15, -0.1) is 0 Å². The Morgan fingerprint density at radius 2 is 1.80 bits per heavy atom. The quantitative estimate of drug-likeness (QED) is 0.372. The fraction of sp³-hybridized carbons (Fsp3) is 0.174. The van der Waals surface area contributed by atoms with E-state index in [2.05, 4.69) is 20.6 Å². The minimum Gasteiger partial charge on any atom is -0.431 e. The van der Waals surface area contributed by atoms with Crippen LogP contribution in [0.25, 0.3) is 0 Å². The molecule has 12 heteroatoms. The van der Waals surface area contributed by atoms with Crippen molar-refractivity contribution in [2.75, 3.05) is 12.4 Å². The Bertz CT molecular complexity index is 1460. The normalized spacial score (nSPS) is 10.7. The van der Waals surface area contributed by atoms with Gasteiger partial charge in [-0.1, -0.05) is 35.1 Å². The number of thiazole rings is 1. The fourth-order valence-corrected chi connectivity index (χ4v) is 3.87. The smallest absolute Gasteiger partial charge is 0.355 e. The van der Waals surface area contributed by atoms with Crippen LogP contribution in [-0.4, -0.2) is 32.1 Å². The van der Waals surface area contributed by atoms with E-state index in [1.807, 2.05) is 6.92 Å². The summed E-state index contributed by atoms with van der Waals surface area (Å²) in [6, 6.07) is 13.8. The van der Waals surface area contributed by atoms with E-state index in [9.17, 15) is 14.4 Å². The van der Waals surface area contributed by atoms with Crippen molar-refractivity contribution in [1.29, 1.82) is 0 Å². The topological polar surface area (TPSA) is 120 Å². The molecule has 180 valence electrons. The maximum Gasteiger partial charge on any atom is 0.355 e. The van der Waals surface area contributed by atoms with Crippen LogP contribution in [0.3, 0.4) is 0 Å². The summed E-state index contributed by atoms with van der Waals surface area (Å²) in [6.45, 7) is 1.60. The van der Waals surface area contributed by atoms with Gasteiger partial charge in [-0.25, -0.2) is 19.1 Å². The number of aromatic nitrogens is 4. The Kier molecular flexibility index (Phi) is 7.28. The SMILES string of the molecule is CNC(=O)Cn1c(=O)nc(Nc2ccc(Oc3ncc(C)s3)cc2)n(Cc2ccc(Cl)cc2)c1=O. The van der Waals surface area contributed by atoms with Crippen molar-refractivity contribution < 1.29 is 9.53 Å². The summed E-state index contributed by atoms with van der Waals surface area (Å²) >= 11 is 7.40. The number of benzene rings is 2. The van der Waals surface area contributed by atoms with Crippen LogP contribution >= 0.6 is 22.9 Å². The van der Waals surface area contributed by atoms with Gasteiger partial charge in [0.2, 0.25) is 11.9 Å². The molecule has 0 aliphatic heterocycles. The highest BCUT2D eigenvalue weighted by Gasteiger charge is 2.16. The van der Waals surface area contributed by atoms with Gasteiger partial charge in [-0.05, 0) is 48.9 Å². The number of nitrogens with one attached hydrogen (secondary N) is 2. The summed E-state index contributed by atoms with van der Waals surface area (Å²) in [4.78, 5) is 46.9. The molecule has 2 aromatic heterocycles. The van der Waals surface area contributed by atoms with Gasteiger partial charge in [-0.3, -0.25) is 9.36 Å². The highest BCUT2D eigenvalue weighted by Crippen LogP contribution is 2.27. The van der Waals surface area contributed by atoms with Crippen LogP contribution < -0.4 is 26.7 Å². The molecule has 10 nitrogen and oxygen atoms in total. The number of nitrogens with zero attached hydrogens (tertiary/aromatic N) is 4. The summed E-state index contributed by atoms with van der Waals surface area (Å²) in [7, 11) is 1.42. The van der Waals surface area contributed by atoms with Gasteiger partial charge in [0, 0.05) is 28.8 Å². The van der Waals surface area contributed by atoms with E-state index in [-0.39, 0.29) is 12.5 Å². The molecule has 0 saturated carbocycles. The number of ether oxygens (including phenoxy) is 1. The number of rotatable bonds is 8. The van der Waals surface area contributed by atoms with E-state index < -0.39 is 23.8 Å². The second-order valence-electron chi connectivity index (χ2n) is 7.46. The summed E-state index contributed by atoms with van der Waals surface area (Å²) in [6.07, 6.45) is 1.73. The first-order valence-corrected chi connectivity index (χ1v) is 11.7. The van der Waals surface area contributed by atoms with Crippen molar-refractivity contribution in [3.05, 3.63) is 91.2 Å². The van der Waals surface area contributed by atoms with E-state index >= 15 is 0 Å². The summed E-state index contributed by atoms with van der Waals surface area (Å²) in [5, 5.41) is 6.50. The molecular formula is C23H21ClN6O4S. The van der Waals surface area contributed by atoms with Crippen molar-refractivity contribution in [3.63, 3.8) is 0 Å². The standard InChI is InChI=1S/C23H21ClN6O4S/c1-14-11-26-22(35-14)34-18-9-7-17(8-10-18)27-20-28-21(32)30(13-19(31)25-2)23(33)29(20)12-15-3-5-16(24)6-4-15/h3-11H,12-13H2,1-2H3,(H,25,31)(H,27,28,32). The van der Waals surface area contributed by atoms with E-state index in [0.717, 1.165) is 15.0 Å². The highest BCUT2D eigenvalue weighted by molar-refractivity contribution is 7.13. The number of hydrogen-bond acceptors (Lipinski definition) is 8. The van der Waals surface area contributed by atoms with Gasteiger partial charge in [0.15, 0.2) is 0 Å². The second kappa shape index (κ2) is 10.5. The minimum absolute atomic E-state index is 0.0346. The maximum atomic E-state index is 13.2. The zero-order valence-corrected chi connectivity index (χ0v) is 20.4. The highest BCUT2D eigenvalue weighted by atomic mass is 35.5. The average molecular weight is 513 g/mol. The number of likely N-dealkylation sites (N-methyl/N-ethyl adjacent to an activating group) is 1. The Balaban J connectivity index is 1.65. The second-order valence-corrected chi connectivity index (χ2v) is 9.09. The molecule has 2 N–H and O–H groups in total. The molecule has 0 fully saturated rings. The van der Waals surface area contributed by atoms with Crippen molar-refractivity contribution in [1.82, 2.24) is 24.4 Å². The third-order valence-corrected chi connectivity index (χ3v) is 5.94. The molecule has 4 aromatic rings. The van der Waals surface area contributed by atoms with Crippen LogP contribution in [0.4, 0.5) is 11.6 Å². The number of aryl methyl sites for hydroxylation is 1. The number of carbonyl (C=O) groups excluding carboxylic acids is 1. The molecule has 4 rings (SSSR count). The summed E-state index contributed by atoms with van der Waals surface area (Å²) in [5.41, 5.74) is -0.181. The van der Waals surface area contributed by atoms with Crippen LogP contribution in [-0.2, 0) is 17.9 Å². The fourth-order valence-electron chi connectivity index (χ4n) is 3.12. The van der Waals surface area contributed by atoms with Crippen LogP contribution in [0, 0.1) is 6.92 Å². The molecule has 0 aliphatic carbocycles. The first kappa shape index (κ1) is 24.2. The summed E-state index contributed by atoms with van der Waals surface area (Å²) in [5.74, 6) is 0.125. The third kappa shape index (κ3) is 5.94. The molecule has 1 amide bonds. The first-order chi connectivity index (χ1) is 16.8. The van der Waals surface area contributed by atoms with E-state index in [1.54, 1.807) is 54.7 Å². The van der Waals surface area contributed by atoms with Gasteiger partial charge >= 0.3 is 11.4 Å². The molecule has 2 aromatic carbocycles. The number of halogens is 1. The van der Waals surface area contributed by atoms with Crippen LogP contribution in [0.2, 0.25) is 5.02 Å². The van der Waals surface area contributed by atoms with Gasteiger partial charge in [0.1, 0.15) is 12.3 Å². The zero-order valence-electron chi connectivity index (χ0n) is 18.8. The molecule has 0 atom stereocenters. The molecule has 35 heavy (non-hydrogen) atoms. The van der Waals surface area contributed by atoms with Crippen molar-refractivity contribution >= 4 is 40.5 Å². The van der Waals surface area contributed by atoms with E-state index in [4.69, 9.17) is 16.3 Å². The largest absolute Gasteiger partial charge is 0.431 e. The minimum atomic E-state index is -0.840. The van der Waals surface area contributed by atoms with Gasteiger partial charge in [0.05, 0.1) is 6.54 Å². The number of amides is 1. The molecular weight excluding hydrogens is 492 g/mol. The van der Waals surface area contributed by atoms with Crippen molar-refractivity contribution in [2.45, 2.75) is 20.0 Å². The van der Waals surface area contributed by atoms with Crippen LogP contribution in [0.15, 0.2) is 64.3 Å². The zero-order chi connectivity index (χ0) is 24.9. The lowest BCUT2D eigenvalue weighted by Crippen LogP contribution is -2.45. The van der Waals surface area contributed by atoms with Gasteiger partial charge in [-0.2, -0.15) is 4.98 Å². The Hall–Kier alpha value is -3.96. The number of anilines is 2. The predicted octanol–water partition coefficient (Wildman–Crippen LogP) is 3.15. The Labute approximate surface area is 208 Å². The lowest BCUT2D eigenvalue weighted by atomic mass is 10.2. The third-order valence-electron chi connectivity index (χ3n) is 4.90. The molecule has 0 spiro atoms. The average Bonchev–Trinajstić information content (AvgIpc) is 3.25. The van der Waals surface area contributed by atoms with Gasteiger partial charge < -0.3 is 15.4 Å².